The van der Waals surface area contributed by atoms with Crippen LogP contribution in [0.25, 0.3) is 38.6 Å². The summed E-state index contributed by atoms with van der Waals surface area (Å²) < 4.78 is 31.9. The van der Waals surface area contributed by atoms with Gasteiger partial charge in [-0.25, -0.2) is 18.6 Å². The number of fused-ring (bicyclic) bond motifs is 5. The Morgan fingerprint density at radius 2 is 2.00 bits per heavy atom. The quantitative estimate of drug-likeness (QED) is 0.299. The molecule has 0 spiro atoms. The maximum atomic E-state index is 15.7. The largest absolute Gasteiger partial charge is 0.477 e. The molecule has 2 atom stereocenters. The first-order valence-electron chi connectivity index (χ1n) is 13.5. The fourth-order valence-corrected chi connectivity index (χ4v) is 6.88. The van der Waals surface area contributed by atoms with Gasteiger partial charge in [-0.3, -0.25) is 9.20 Å². The van der Waals surface area contributed by atoms with E-state index in [1.807, 2.05) is 6.07 Å². The van der Waals surface area contributed by atoms with E-state index in [0.29, 0.717) is 56.0 Å². The van der Waals surface area contributed by atoms with Crippen molar-refractivity contribution in [2.45, 2.75) is 19.4 Å². The summed E-state index contributed by atoms with van der Waals surface area (Å²) in [6, 6.07) is 6.30. The molecule has 0 amide bonds. The Hall–Kier alpha value is -4.51. The molecule has 9 nitrogen and oxygen atoms in total. The number of carbonyl (C=O) groups is 1. The maximum Gasteiger partial charge on any atom is 0.341 e. The molecule has 0 radical (unpaired) electrons. The highest BCUT2D eigenvalue weighted by Gasteiger charge is 2.42. The molecular formula is C30H28F2N6O3. The lowest BCUT2D eigenvalue weighted by molar-refractivity contribution is 0.0694. The van der Waals surface area contributed by atoms with Gasteiger partial charge in [0.2, 0.25) is 0 Å². The lowest BCUT2D eigenvalue weighted by atomic mass is 10.00. The second-order valence-electron chi connectivity index (χ2n) is 11.1. The van der Waals surface area contributed by atoms with Gasteiger partial charge in [-0.1, -0.05) is 6.07 Å². The Labute approximate surface area is 233 Å². The lowest BCUT2D eigenvalue weighted by Gasteiger charge is -2.29. The van der Waals surface area contributed by atoms with Crippen molar-refractivity contribution in [3.63, 3.8) is 0 Å². The number of likely N-dealkylation sites (N-methyl/N-ethyl adjacent to an activating group) is 1. The number of benzene rings is 1. The van der Waals surface area contributed by atoms with Crippen LogP contribution in [0.2, 0.25) is 0 Å². The molecule has 4 aromatic heterocycles. The SMILES string of the molecule is CNc1cc(F)c(F)c2c1[nH]c1ncc(-c3ccc4c(C)cc(C(=O)O)c(=O)n4c3)c(N3CCC4CN(C)CC43)c12. The molecule has 41 heavy (non-hydrogen) atoms. The first-order valence-corrected chi connectivity index (χ1v) is 13.5. The van der Waals surface area contributed by atoms with Crippen molar-refractivity contribution in [1.29, 1.82) is 0 Å². The summed E-state index contributed by atoms with van der Waals surface area (Å²) in [5.74, 6) is -2.79. The first kappa shape index (κ1) is 25.5. The molecule has 0 aliphatic carbocycles. The van der Waals surface area contributed by atoms with E-state index in [4.69, 9.17) is 0 Å². The number of carboxylic acids is 1. The Bertz CT molecular complexity index is 1980. The van der Waals surface area contributed by atoms with E-state index in [2.05, 4.69) is 32.1 Å². The van der Waals surface area contributed by atoms with E-state index in [0.717, 1.165) is 32.1 Å². The predicted octanol–water partition coefficient (Wildman–Crippen LogP) is 4.46. The van der Waals surface area contributed by atoms with Crippen LogP contribution in [0.1, 0.15) is 22.3 Å². The highest BCUT2D eigenvalue weighted by molar-refractivity contribution is 6.18. The van der Waals surface area contributed by atoms with Gasteiger partial charge < -0.3 is 25.2 Å². The molecule has 5 aromatic rings. The lowest BCUT2D eigenvalue weighted by Crippen LogP contribution is -2.35. The number of aromatic carboxylic acids is 1. The van der Waals surface area contributed by atoms with Crippen molar-refractivity contribution in [3.8, 4) is 11.1 Å². The molecule has 2 saturated heterocycles. The molecule has 2 aliphatic rings. The van der Waals surface area contributed by atoms with Crippen molar-refractivity contribution in [2.24, 2.45) is 5.92 Å². The smallest absolute Gasteiger partial charge is 0.341 e. The van der Waals surface area contributed by atoms with E-state index < -0.39 is 23.2 Å². The summed E-state index contributed by atoms with van der Waals surface area (Å²) in [5, 5.41) is 13.2. The standard InChI is InChI=1S/C30H28F2N6O3/c1-14-8-17(30(40)41)29(39)38-12-15(4-5-21(14)38)18-10-34-28-24(23-25(32)19(31)9-20(33-2)26(23)35-28)27(18)37-7-6-16-11-36(3)13-22(16)37/h4-5,8-10,12,16,22,33H,6-7,11,13H2,1-3H3,(H,34,35)(H,40,41). The fourth-order valence-electron chi connectivity index (χ4n) is 6.88. The monoisotopic (exact) mass is 558 g/mol. The number of likely N-dealkylation sites (tertiary alicyclic amines) is 1. The number of aryl methyl sites for hydroxylation is 1. The zero-order valence-electron chi connectivity index (χ0n) is 22.8. The minimum atomic E-state index is -1.30. The van der Waals surface area contributed by atoms with E-state index in [1.54, 1.807) is 32.4 Å². The summed E-state index contributed by atoms with van der Waals surface area (Å²) in [6.07, 6.45) is 4.26. The molecule has 210 valence electrons. The van der Waals surface area contributed by atoms with E-state index in [9.17, 15) is 19.1 Å². The normalized spacial score (nSPS) is 19.1. The molecule has 1 aromatic carbocycles. The van der Waals surface area contributed by atoms with Crippen LogP contribution in [0.3, 0.4) is 0 Å². The summed E-state index contributed by atoms with van der Waals surface area (Å²) in [7, 11) is 3.73. The molecule has 0 saturated carbocycles. The predicted molar refractivity (Wildman–Crippen MR) is 154 cm³/mol. The number of nitrogens with one attached hydrogen (secondary N) is 2. The second-order valence-corrected chi connectivity index (χ2v) is 11.1. The number of carboxylic acid groups (broad SMARTS) is 1. The van der Waals surface area contributed by atoms with E-state index in [1.165, 1.54) is 10.5 Å². The Kier molecular flexibility index (Phi) is 5.59. The van der Waals surface area contributed by atoms with Crippen LogP contribution in [-0.4, -0.2) is 70.1 Å². The second kappa shape index (κ2) is 9.00. The van der Waals surface area contributed by atoms with Crippen molar-refractivity contribution < 1.29 is 18.7 Å². The molecule has 2 unspecified atom stereocenters. The zero-order chi connectivity index (χ0) is 28.7. The van der Waals surface area contributed by atoms with E-state index in [-0.39, 0.29) is 17.0 Å². The molecule has 7 rings (SSSR count). The van der Waals surface area contributed by atoms with Gasteiger partial charge in [0, 0.05) is 62.3 Å². The number of pyridine rings is 3. The van der Waals surface area contributed by atoms with Gasteiger partial charge in [0.1, 0.15) is 11.2 Å². The molecule has 3 N–H and O–H groups in total. The molecular weight excluding hydrogens is 530 g/mol. The van der Waals surface area contributed by atoms with Crippen LogP contribution < -0.4 is 15.8 Å². The van der Waals surface area contributed by atoms with Crippen molar-refractivity contribution in [1.82, 2.24) is 19.3 Å². The van der Waals surface area contributed by atoms with Gasteiger partial charge in [0.15, 0.2) is 11.6 Å². The van der Waals surface area contributed by atoms with Crippen molar-refractivity contribution >= 4 is 44.8 Å². The van der Waals surface area contributed by atoms with E-state index >= 15 is 4.39 Å². The number of hydrogen-bond donors (Lipinski definition) is 3. The van der Waals surface area contributed by atoms with Crippen LogP contribution in [-0.2, 0) is 0 Å². The number of halogens is 2. The average molecular weight is 559 g/mol. The third-order valence-electron chi connectivity index (χ3n) is 8.76. The summed E-state index contributed by atoms with van der Waals surface area (Å²) in [4.78, 5) is 37.4. The zero-order valence-corrected chi connectivity index (χ0v) is 22.8. The Morgan fingerprint density at radius 3 is 2.76 bits per heavy atom. The third kappa shape index (κ3) is 3.65. The first-order chi connectivity index (χ1) is 19.7. The van der Waals surface area contributed by atoms with Gasteiger partial charge in [0.05, 0.1) is 33.2 Å². The van der Waals surface area contributed by atoms with Crippen molar-refractivity contribution in [3.05, 3.63) is 69.8 Å². The maximum absolute atomic E-state index is 15.7. The Morgan fingerprint density at radius 1 is 1.20 bits per heavy atom. The Balaban J connectivity index is 1.57. The number of hydrogen-bond acceptors (Lipinski definition) is 6. The summed E-state index contributed by atoms with van der Waals surface area (Å²) >= 11 is 0. The molecule has 6 heterocycles. The third-order valence-corrected chi connectivity index (χ3v) is 8.76. The van der Waals surface area contributed by atoms with Gasteiger partial charge in [-0.05, 0) is 44.0 Å². The fraction of sp³-hybridized carbons (Fsp3) is 0.300. The van der Waals surface area contributed by atoms with Gasteiger partial charge in [0.25, 0.3) is 5.56 Å². The number of H-pyrrole nitrogens is 1. The minimum Gasteiger partial charge on any atom is -0.477 e. The highest BCUT2D eigenvalue weighted by Crippen LogP contribution is 2.46. The van der Waals surface area contributed by atoms with Crippen LogP contribution in [0.4, 0.5) is 20.2 Å². The summed E-state index contributed by atoms with van der Waals surface area (Å²) in [5.41, 5.74) is 3.50. The van der Waals surface area contributed by atoms with Gasteiger partial charge in [-0.2, -0.15) is 0 Å². The average Bonchev–Trinajstić information content (AvgIpc) is 3.64. The topological polar surface area (TPSA) is 106 Å². The molecule has 11 heteroatoms. The van der Waals surface area contributed by atoms with Crippen LogP contribution in [0.5, 0.6) is 0 Å². The van der Waals surface area contributed by atoms with Crippen molar-refractivity contribution in [2.75, 3.05) is 43.9 Å². The number of rotatable bonds is 4. The minimum absolute atomic E-state index is 0.116. The summed E-state index contributed by atoms with van der Waals surface area (Å²) in [6.45, 7) is 4.26. The van der Waals surface area contributed by atoms with Gasteiger partial charge in [-0.15, -0.1) is 0 Å². The number of nitrogens with zero attached hydrogens (tertiary/aromatic N) is 4. The molecule has 0 bridgehead atoms. The number of aromatic nitrogens is 3. The number of aromatic amines is 1. The van der Waals surface area contributed by atoms with Gasteiger partial charge >= 0.3 is 5.97 Å². The highest BCUT2D eigenvalue weighted by atomic mass is 19.2. The molecule has 2 aliphatic heterocycles. The van der Waals surface area contributed by atoms with Crippen LogP contribution in [0, 0.1) is 24.5 Å². The molecule has 2 fully saturated rings. The number of anilines is 2. The van der Waals surface area contributed by atoms with Crippen LogP contribution >= 0.6 is 0 Å². The van der Waals surface area contributed by atoms with Crippen LogP contribution in [0.15, 0.2) is 41.5 Å².